The van der Waals surface area contributed by atoms with Crippen LogP contribution in [-0.4, -0.2) is 37.2 Å². The maximum absolute atomic E-state index is 12.9. The predicted octanol–water partition coefficient (Wildman–Crippen LogP) is 23.3. The molecule has 0 fully saturated rings. The minimum atomic E-state index is -0.796. The van der Waals surface area contributed by atoms with Gasteiger partial charge in [0.1, 0.15) is 13.2 Å². The van der Waals surface area contributed by atoms with Crippen molar-refractivity contribution in [2.24, 2.45) is 0 Å². The molecule has 0 aromatic rings. The Morgan fingerprint density at radius 1 is 0.247 bits per heavy atom. The molecule has 0 bridgehead atoms. The van der Waals surface area contributed by atoms with Gasteiger partial charge in [0.15, 0.2) is 6.10 Å². The van der Waals surface area contributed by atoms with Crippen LogP contribution in [0.1, 0.15) is 303 Å². The number of esters is 3. The molecule has 1 atom stereocenters. The van der Waals surface area contributed by atoms with Crippen molar-refractivity contribution in [1.29, 1.82) is 0 Å². The largest absolute Gasteiger partial charge is 0.462 e. The van der Waals surface area contributed by atoms with Crippen LogP contribution in [-0.2, 0) is 28.6 Å². The second-order valence-corrected chi connectivity index (χ2v) is 21.9. The number of carbonyl (C=O) groups is 3. The van der Waals surface area contributed by atoms with Crippen LogP contribution >= 0.6 is 0 Å². The SMILES string of the molecule is CC/C=C\C/C=C\C/C=C\C/C=C\CCCCCCCCCCCCCCCCC(=O)OCC(COC(=O)CCCCCCC/C=C\C/C=C\C/C=C\CC)OC(=O)CCCCCCCCCC/C=C\C/C=C\C/C=C\C/C=C\CC. The molecule has 460 valence electrons. The molecule has 1 unspecified atom stereocenters. The summed E-state index contributed by atoms with van der Waals surface area (Å²) in [7, 11) is 0. The van der Waals surface area contributed by atoms with Crippen molar-refractivity contribution in [3.8, 4) is 0 Å². The van der Waals surface area contributed by atoms with Gasteiger partial charge in [0.2, 0.25) is 0 Å². The molecule has 0 rings (SSSR count). The molecule has 6 nitrogen and oxygen atoms in total. The zero-order chi connectivity index (χ0) is 58.5. The second kappa shape index (κ2) is 68.1. The lowest BCUT2D eigenvalue weighted by Gasteiger charge is -2.18. The molecule has 0 aliphatic carbocycles. The minimum Gasteiger partial charge on any atom is -0.462 e. The smallest absolute Gasteiger partial charge is 0.306 e. The van der Waals surface area contributed by atoms with Crippen LogP contribution in [0.25, 0.3) is 0 Å². The molecule has 6 heteroatoms. The van der Waals surface area contributed by atoms with Crippen LogP contribution in [0.5, 0.6) is 0 Å². The molecule has 0 saturated carbocycles. The summed E-state index contributed by atoms with van der Waals surface area (Å²) in [5.41, 5.74) is 0. The maximum atomic E-state index is 12.9. The minimum absolute atomic E-state index is 0.0894. The van der Waals surface area contributed by atoms with E-state index in [0.717, 1.165) is 154 Å². The van der Waals surface area contributed by atoms with E-state index in [9.17, 15) is 14.4 Å². The Labute approximate surface area is 500 Å². The molecule has 0 aromatic carbocycles. The summed E-state index contributed by atoms with van der Waals surface area (Å²) in [4.78, 5) is 38.4. The van der Waals surface area contributed by atoms with Gasteiger partial charge in [-0.05, 0) is 128 Å². The van der Waals surface area contributed by atoms with E-state index in [4.69, 9.17) is 14.2 Å². The third kappa shape index (κ3) is 66.2. The number of hydrogen-bond acceptors (Lipinski definition) is 6. The third-order valence-corrected chi connectivity index (χ3v) is 14.1. The molecule has 81 heavy (non-hydrogen) atoms. The van der Waals surface area contributed by atoms with E-state index in [1.165, 1.54) is 109 Å². The predicted molar refractivity (Wildman–Crippen MR) is 353 cm³/mol. The lowest BCUT2D eigenvalue weighted by atomic mass is 10.0. The standard InChI is InChI=1S/C75H124O6/c1-4-7-10-13-16-19-22-25-28-30-32-34-35-36-37-38-39-41-42-44-47-50-53-56-59-62-65-68-74(77)80-71-72(70-79-73(76)67-64-61-58-55-52-49-46-27-24-21-18-15-12-9-6-3)81-75(78)69-66-63-60-57-54-51-48-45-43-40-33-31-29-26-23-20-17-14-11-8-5-2/h7-12,16-21,25-29,32-34,40,46,72H,4-6,13-15,22-24,30-31,35-39,41-45,47-71H2,1-3H3/b10-7-,11-8-,12-9-,19-16-,20-17-,21-18-,28-25-,29-26-,34-32-,40-33-,46-27-. The number of rotatable bonds is 60. The summed E-state index contributed by atoms with van der Waals surface area (Å²) in [6.07, 6.45) is 96.1. The van der Waals surface area contributed by atoms with Crippen molar-refractivity contribution in [3.63, 3.8) is 0 Å². The Balaban J connectivity index is 4.35. The van der Waals surface area contributed by atoms with E-state index < -0.39 is 6.10 Å². The van der Waals surface area contributed by atoms with E-state index >= 15 is 0 Å². The molecule has 0 spiro atoms. The average molecular weight is 1120 g/mol. The van der Waals surface area contributed by atoms with E-state index in [1.54, 1.807) is 0 Å². The summed E-state index contributed by atoms with van der Waals surface area (Å²) in [5.74, 6) is -0.909. The molecule has 0 radical (unpaired) electrons. The Kier molecular flexibility index (Phi) is 64.3. The molecule has 0 saturated heterocycles. The number of allylic oxidation sites excluding steroid dienone is 22. The highest BCUT2D eigenvalue weighted by molar-refractivity contribution is 5.71. The van der Waals surface area contributed by atoms with Crippen molar-refractivity contribution in [2.45, 2.75) is 309 Å². The number of carbonyl (C=O) groups excluding carboxylic acids is 3. The van der Waals surface area contributed by atoms with Crippen molar-refractivity contribution in [2.75, 3.05) is 13.2 Å². The maximum Gasteiger partial charge on any atom is 0.306 e. The molecule has 0 N–H and O–H groups in total. The lowest BCUT2D eigenvalue weighted by Crippen LogP contribution is -2.30. The van der Waals surface area contributed by atoms with E-state index in [-0.39, 0.29) is 31.1 Å². The molecule has 0 aromatic heterocycles. The van der Waals surface area contributed by atoms with Gasteiger partial charge in [-0.2, -0.15) is 0 Å². The molecule has 0 aliphatic heterocycles. The van der Waals surface area contributed by atoms with Crippen LogP contribution in [0.3, 0.4) is 0 Å². The number of hydrogen-bond donors (Lipinski definition) is 0. The van der Waals surface area contributed by atoms with Gasteiger partial charge in [-0.3, -0.25) is 14.4 Å². The van der Waals surface area contributed by atoms with Crippen LogP contribution in [0.15, 0.2) is 134 Å². The topological polar surface area (TPSA) is 78.9 Å². The van der Waals surface area contributed by atoms with Crippen molar-refractivity contribution in [3.05, 3.63) is 134 Å². The fourth-order valence-corrected chi connectivity index (χ4v) is 9.21. The van der Waals surface area contributed by atoms with Crippen LogP contribution < -0.4 is 0 Å². The molecule has 0 amide bonds. The van der Waals surface area contributed by atoms with Gasteiger partial charge in [0.25, 0.3) is 0 Å². The van der Waals surface area contributed by atoms with Gasteiger partial charge in [-0.1, -0.05) is 289 Å². The molecular weight excluding hydrogens is 997 g/mol. The monoisotopic (exact) mass is 1120 g/mol. The van der Waals surface area contributed by atoms with Gasteiger partial charge in [-0.25, -0.2) is 0 Å². The zero-order valence-corrected chi connectivity index (χ0v) is 52.8. The van der Waals surface area contributed by atoms with Crippen molar-refractivity contribution in [1.82, 2.24) is 0 Å². The highest BCUT2D eigenvalue weighted by Crippen LogP contribution is 2.16. The quantitative estimate of drug-likeness (QED) is 0.0261. The lowest BCUT2D eigenvalue weighted by molar-refractivity contribution is -0.167. The first-order chi connectivity index (χ1) is 40.0. The summed E-state index contributed by atoms with van der Waals surface area (Å²) in [5, 5.41) is 0. The normalized spacial score (nSPS) is 13.0. The van der Waals surface area contributed by atoms with E-state index in [1.807, 2.05) is 0 Å². The van der Waals surface area contributed by atoms with Gasteiger partial charge < -0.3 is 14.2 Å². The molecular formula is C75H124O6. The highest BCUT2D eigenvalue weighted by Gasteiger charge is 2.19. The average Bonchev–Trinajstić information content (AvgIpc) is 3.47. The summed E-state index contributed by atoms with van der Waals surface area (Å²) >= 11 is 0. The van der Waals surface area contributed by atoms with Gasteiger partial charge in [-0.15, -0.1) is 0 Å². The Morgan fingerprint density at radius 2 is 0.444 bits per heavy atom. The first kappa shape index (κ1) is 76.5. The Morgan fingerprint density at radius 3 is 0.691 bits per heavy atom. The summed E-state index contributed by atoms with van der Waals surface area (Å²) in [6, 6.07) is 0. The summed E-state index contributed by atoms with van der Waals surface area (Å²) < 4.78 is 17.0. The number of ether oxygens (including phenoxy) is 3. The van der Waals surface area contributed by atoms with Gasteiger partial charge in [0.05, 0.1) is 0 Å². The van der Waals surface area contributed by atoms with Crippen LogP contribution in [0, 0.1) is 0 Å². The van der Waals surface area contributed by atoms with Crippen molar-refractivity contribution < 1.29 is 28.6 Å². The fraction of sp³-hybridized carbons (Fsp3) is 0.667. The highest BCUT2D eigenvalue weighted by atomic mass is 16.6. The zero-order valence-electron chi connectivity index (χ0n) is 52.8. The van der Waals surface area contributed by atoms with E-state index in [0.29, 0.717) is 19.3 Å². The van der Waals surface area contributed by atoms with Crippen LogP contribution in [0.2, 0.25) is 0 Å². The van der Waals surface area contributed by atoms with Gasteiger partial charge in [0, 0.05) is 19.3 Å². The first-order valence-corrected chi connectivity index (χ1v) is 33.7. The van der Waals surface area contributed by atoms with Crippen LogP contribution in [0.4, 0.5) is 0 Å². The molecule has 0 heterocycles. The Hall–Kier alpha value is -4.45. The van der Waals surface area contributed by atoms with Crippen molar-refractivity contribution >= 4 is 17.9 Å². The third-order valence-electron chi connectivity index (χ3n) is 14.1. The number of unbranched alkanes of at least 4 members (excludes halogenated alkanes) is 27. The van der Waals surface area contributed by atoms with Gasteiger partial charge >= 0.3 is 17.9 Å². The first-order valence-electron chi connectivity index (χ1n) is 33.7. The fourth-order valence-electron chi connectivity index (χ4n) is 9.21. The Bertz CT molecular complexity index is 1720. The second-order valence-electron chi connectivity index (χ2n) is 21.9. The molecule has 0 aliphatic rings. The summed E-state index contributed by atoms with van der Waals surface area (Å²) in [6.45, 7) is 6.30. The van der Waals surface area contributed by atoms with E-state index in [2.05, 4.69) is 154 Å².